The number of fused-ring (bicyclic) bond motifs is 1. The highest BCUT2D eigenvalue weighted by molar-refractivity contribution is 5.73. The first-order valence-corrected chi connectivity index (χ1v) is 7.09. The van der Waals surface area contributed by atoms with Crippen molar-refractivity contribution in [2.45, 2.75) is 32.6 Å². The van der Waals surface area contributed by atoms with Crippen LogP contribution < -0.4 is 0 Å². The van der Waals surface area contributed by atoms with Gasteiger partial charge in [0.1, 0.15) is 12.6 Å². The number of nitrogens with zero attached hydrogens (tertiary/aromatic N) is 2. The van der Waals surface area contributed by atoms with Crippen molar-refractivity contribution in [3.05, 3.63) is 53.3 Å². The van der Waals surface area contributed by atoms with Crippen LogP contribution in [0.4, 0.5) is 0 Å². The number of carbonyl (C=O) groups is 1. The minimum Gasteiger partial charge on any atom is -0.459 e. The number of aromatic nitrogens is 2. The molecule has 0 aliphatic carbocycles. The second kappa shape index (κ2) is 6.10. The van der Waals surface area contributed by atoms with Gasteiger partial charge < -0.3 is 9.47 Å². The van der Waals surface area contributed by atoms with Gasteiger partial charge in [-0.05, 0) is 12.5 Å². The third-order valence-corrected chi connectivity index (χ3v) is 3.60. The fourth-order valence-corrected chi connectivity index (χ4v) is 2.30. The van der Waals surface area contributed by atoms with Crippen LogP contribution in [-0.2, 0) is 33.9 Å². The largest absolute Gasteiger partial charge is 0.459 e. The highest BCUT2D eigenvalue weighted by atomic mass is 16.5. The summed E-state index contributed by atoms with van der Waals surface area (Å²) in [5.41, 5.74) is 3.05. The molecule has 5 heteroatoms. The molecular weight excluding hydrogens is 268 g/mol. The Kier molecular flexibility index (Phi) is 4.01. The topological polar surface area (TPSA) is 53.4 Å². The summed E-state index contributed by atoms with van der Waals surface area (Å²) in [6, 6.07) is 9.22. The maximum atomic E-state index is 12.1. The summed E-state index contributed by atoms with van der Waals surface area (Å²) in [5.74, 6) is -0.278. The van der Waals surface area contributed by atoms with E-state index in [-0.39, 0.29) is 12.6 Å². The van der Waals surface area contributed by atoms with Crippen molar-refractivity contribution in [1.29, 1.82) is 0 Å². The van der Waals surface area contributed by atoms with Crippen LogP contribution in [0.2, 0.25) is 0 Å². The molecule has 2 heterocycles. The van der Waals surface area contributed by atoms with Gasteiger partial charge in [0.2, 0.25) is 0 Å². The fourth-order valence-electron chi connectivity index (χ4n) is 2.30. The molecule has 0 saturated carbocycles. The van der Waals surface area contributed by atoms with E-state index in [1.807, 2.05) is 36.5 Å². The van der Waals surface area contributed by atoms with E-state index in [2.05, 4.69) is 5.10 Å². The quantitative estimate of drug-likeness (QED) is 0.809. The van der Waals surface area contributed by atoms with Crippen LogP contribution in [0, 0.1) is 0 Å². The summed E-state index contributed by atoms with van der Waals surface area (Å²) < 4.78 is 12.4. The Labute approximate surface area is 123 Å². The molecule has 1 unspecified atom stereocenters. The molecule has 1 atom stereocenters. The molecule has 5 nitrogen and oxygen atoms in total. The first-order valence-electron chi connectivity index (χ1n) is 7.09. The number of rotatable bonds is 4. The molecule has 21 heavy (non-hydrogen) atoms. The molecule has 0 bridgehead atoms. The maximum absolute atomic E-state index is 12.1. The lowest BCUT2D eigenvalue weighted by Crippen LogP contribution is -2.19. The van der Waals surface area contributed by atoms with Crippen LogP contribution in [0.15, 0.2) is 36.5 Å². The molecule has 110 valence electrons. The summed E-state index contributed by atoms with van der Waals surface area (Å²) in [6.45, 7) is 3.35. The average molecular weight is 286 g/mol. The van der Waals surface area contributed by atoms with Crippen LogP contribution >= 0.6 is 0 Å². The Morgan fingerprint density at radius 3 is 3.00 bits per heavy atom. The zero-order chi connectivity index (χ0) is 14.7. The van der Waals surface area contributed by atoms with E-state index in [1.165, 1.54) is 0 Å². The molecule has 0 radical (unpaired) electrons. The molecule has 1 aromatic carbocycles. The van der Waals surface area contributed by atoms with Crippen molar-refractivity contribution in [1.82, 2.24) is 9.78 Å². The van der Waals surface area contributed by atoms with E-state index in [0.717, 1.165) is 23.2 Å². The van der Waals surface area contributed by atoms with Crippen molar-refractivity contribution < 1.29 is 14.3 Å². The summed E-state index contributed by atoms with van der Waals surface area (Å²) in [6.07, 6.45) is 2.68. The molecule has 0 N–H and O–H groups in total. The molecule has 0 amide bonds. The Balaban J connectivity index is 1.63. The van der Waals surface area contributed by atoms with Gasteiger partial charge in [0.15, 0.2) is 0 Å². The van der Waals surface area contributed by atoms with E-state index >= 15 is 0 Å². The van der Waals surface area contributed by atoms with Crippen LogP contribution in [0.25, 0.3) is 0 Å². The third kappa shape index (κ3) is 3.13. The first-order chi connectivity index (χ1) is 10.2. The number of ether oxygens (including phenoxy) is 2. The minimum absolute atomic E-state index is 0.278. The zero-order valence-electron chi connectivity index (χ0n) is 12.0. The van der Waals surface area contributed by atoms with Gasteiger partial charge >= 0.3 is 5.97 Å². The second-order valence-corrected chi connectivity index (χ2v) is 5.15. The lowest BCUT2D eigenvalue weighted by Gasteiger charge is -2.12. The molecule has 1 aliphatic rings. The van der Waals surface area contributed by atoms with Crippen LogP contribution in [0.1, 0.15) is 29.8 Å². The smallest absolute Gasteiger partial charge is 0.330 e. The van der Waals surface area contributed by atoms with E-state index in [9.17, 15) is 4.79 Å². The molecule has 2 aromatic rings. The van der Waals surface area contributed by atoms with Gasteiger partial charge in [0.25, 0.3) is 0 Å². The van der Waals surface area contributed by atoms with E-state index < -0.39 is 6.04 Å². The molecule has 0 fully saturated rings. The summed E-state index contributed by atoms with van der Waals surface area (Å²) in [7, 11) is 0. The molecule has 1 aliphatic heterocycles. The molecule has 1 aromatic heterocycles. The number of hydrogen-bond donors (Lipinski definition) is 0. The van der Waals surface area contributed by atoms with Gasteiger partial charge in [-0.3, -0.25) is 4.68 Å². The second-order valence-electron chi connectivity index (χ2n) is 5.15. The third-order valence-electron chi connectivity index (χ3n) is 3.60. The predicted octanol–water partition coefficient (Wildman–Crippen LogP) is 2.26. The van der Waals surface area contributed by atoms with Crippen LogP contribution in [0.3, 0.4) is 0 Å². The normalized spacial score (nSPS) is 15.3. The van der Waals surface area contributed by atoms with Crippen molar-refractivity contribution in [2.75, 3.05) is 6.61 Å². The van der Waals surface area contributed by atoms with Crippen LogP contribution in [-0.4, -0.2) is 22.4 Å². The van der Waals surface area contributed by atoms with Gasteiger partial charge in [-0.15, -0.1) is 0 Å². The Hall–Kier alpha value is -2.14. The van der Waals surface area contributed by atoms with Gasteiger partial charge in [-0.2, -0.15) is 5.10 Å². The Morgan fingerprint density at radius 1 is 1.43 bits per heavy atom. The first kappa shape index (κ1) is 13.8. The Morgan fingerprint density at radius 2 is 2.24 bits per heavy atom. The Bertz CT molecular complexity index is 598. The van der Waals surface area contributed by atoms with E-state index in [1.54, 1.807) is 11.6 Å². The maximum Gasteiger partial charge on any atom is 0.330 e. The summed E-state index contributed by atoms with van der Waals surface area (Å²) >= 11 is 0. The number of esters is 1. The summed E-state index contributed by atoms with van der Waals surface area (Å²) in [5, 5.41) is 4.46. The SMILES string of the molecule is CC(C(=O)OCc1ccccc1)n1cc2c(n1)CCOC2. The highest BCUT2D eigenvalue weighted by Crippen LogP contribution is 2.18. The standard InChI is InChI=1S/C16H18N2O3/c1-12(16(19)21-10-13-5-3-2-4-6-13)18-9-14-11-20-8-7-15(14)17-18/h2-6,9,12H,7-8,10-11H2,1H3. The van der Waals surface area contributed by atoms with E-state index in [4.69, 9.17) is 9.47 Å². The van der Waals surface area contributed by atoms with Gasteiger partial charge in [0, 0.05) is 18.2 Å². The molecular formula is C16H18N2O3. The van der Waals surface area contributed by atoms with Crippen LogP contribution in [0.5, 0.6) is 0 Å². The monoisotopic (exact) mass is 286 g/mol. The van der Waals surface area contributed by atoms with E-state index in [0.29, 0.717) is 13.2 Å². The average Bonchev–Trinajstić information content (AvgIpc) is 2.97. The lowest BCUT2D eigenvalue weighted by molar-refractivity contribution is -0.148. The van der Waals surface area contributed by atoms with Gasteiger partial charge in [-0.25, -0.2) is 4.79 Å². The van der Waals surface area contributed by atoms with Crippen molar-refractivity contribution in [3.63, 3.8) is 0 Å². The van der Waals surface area contributed by atoms with Crippen molar-refractivity contribution in [3.8, 4) is 0 Å². The fraction of sp³-hybridized carbons (Fsp3) is 0.375. The molecule has 3 rings (SSSR count). The minimum atomic E-state index is -0.431. The number of carbonyl (C=O) groups excluding carboxylic acids is 1. The predicted molar refractivity (Wildman–Crippen MR) is 76.5 cm³/mol. The molecule has 0 spiro atoms. The lowest BCUT2D eigenvalue weighted by atomic mass is 10.2. The van der Waals surface area contributed by atoms with Crippen molar-refractivity contribution >= 4 is 5.97 Å². The number of benzene rings is 1. The highest BCUT2D eigenvalue weighted by Gasteiger charge is 2.21. The molecule has 0 saturated heterocycles. The van der Waals surface area contributed by atoms with Crippen molar-refractivity contribution in [2.24, 2.45) is 0 Å². The zero-order valence-corrected chi connectivity index (χ0v) is 12.0. The number of hydrogen-bond acceptors (Lipinski definition) is 4. The summed E-state index contributed by atoms with van der Waals surface area (Å²) in [4.78, 5) is 12.1. The van der Waals surface area contributed by atoms with Gasteiger partial charge in [0.05, 0.1) is 18.9 Å². The van der Waals surface area contributed by atoms with Gasteiger partial charge in [-0.1, -0.05) is 30.3 Å².